The van der Waals surface area contributed by atoms with Gasteiger partial charge in [0.25, 0.3) is 0 Å². The SMILES string of the molecule is CC1CCC(c2ccc(F)cc2)N(C(=O)C(=O)Nc2cnc(NC(=O)OC(C)(C)C)c(C(F)(F)F)c2)C1. The summed E-state index contributed by atoms with van der Waals surface area (Å²) in [7, 11) is 0. The van der Waals surface area contributed by atoms with E-state index in [9.17, 15) is 31.9 Å². The van der Waals surface area contributed by atoms with Crippen LogP contribution in [0, 0.1) is 11.7 Å². The van der Waals surface area contributed by atoms with Crippen LogP contribution in [0.1, 0.15) is 57.7 Å². The predicted octanol–water partition coefficient (Wildman–Crippen LogP) is 5.52. The zero-order chi connectivity index (χ0) is 27.5. The second kappa shape index (κ2) is 10.7. The number of ether oxygens (including phenoxy) is 1. The Balaban J connectivity index is 1.80. The van der Waals surface area contributed by atoms with Crippen LogP contribution in [0.15, 0.2) is 36.5 Å². The molecule has 2 heterocycles. The Kier molecular flexibility index (Phi) is 8.09. The van der Waals surface area contributed by atoms with Crippen LogP contribution >= 0.6 is 0 Å². The number of anilines is 2. The second-order valence-electron chi connectivity index (χ2n) is 9.91. The molecule has 0 spiro atoms. The fraction of sp³-hybridized carbons (Fsp3) is 0.440. The van der Waals surface area contributed by atoms with Crippen LogP contribution < -0.4 is 10.6 Å². The van der Waals surface area contributed by atoms with Crippen molar-refractivity contribution in [2.45, 2.75) is 58.4 Å². The third kappa shape index (κ3) is 7.40. The van der Waals surface area contributed by atoms with E-state index in [0.29, 0.717) is 18.1 Å². The van der Waals surface area contributed by atoms with E-state index < -0.39 is 52.9 Å². The molecule has 1 saturated heterocycles. The van der Waals surface area contributed by atoms with Crippen molar-refractivity contribution in [3.8, 4) is 0 Å². The van der Waals surface area contributed by atoms with Crippen molar-refractivity contribution in [2.24, 2.45) is 5.92 Å². The first-order chi connectivity index (χ1) is 17.1. The smallest absolute Gasteiger partial charge is 0.420 e. The van der Waals surface area contributed by atoms with E-state index in [1.165, 1.54) is 29.2 Å². The number of nitrogens with one attached hydrogen (secondary N) is 2. The number of benzene rings is 1. The quantitative estimate of drug-likeness (QED) is 0.407. The maximum atomic E-state index is 13.7. The van der Waals surface area contributed by atoms with E-state index >= 15 is 0 Å². The molecule has 2 N–H and O–H groups in total. The minimum Gasteiger partial charge on any atom is -0.444 e. The van der Waals surface area contributed by atoms with Crippen molar-refractivity contribution in [1.29, 1.82) is 0 Å². The number of carbonyl (C=O) groups excluding carboxylic acids is 3. The summed E-state index contributed by atoms with van der Waals surface area (Å²) in [5.74, 6) is -3.26. The summed E-state index contributed by atoms with van der Waals surface area (Å²) in [4.78, 5) is 42.7. The maximum Gasteiger partial charge on any atom is 0.420 e. The molecule has 3 rings (SSSR count). The van der Waals surface area contributed by atoms with Crippen molar-refractivity contribution in [1.82, 2.24) is 9.88 Å². The molecule has 8 nitrogen and oxygen atoms in total. The second-order valence-corrected chi connectivity index (χ2v) is 9.91. The van der Waals surface area contributed by atoms with E-state index in [2.05, 4.69) is 10.3 Å². The number of hydrogen-bond donors (Lipinski definition) is 2. The Morgan fingerprint density at radius 3 is 2.30 bits per heavy atom. The van der Waals surface area contributed by atoms with Gasteiger partial charge in [0, 0.05) is 6.54 Å². The molecule has 37 heavy (non-hydrogen) atoms. The zero-order valence-corrected chi connectivity index (χ0v) is 20.8. The molecule has 2 atom stereocenters. The van der Waals surface area contributed by atoms with Gasteiger partial charge in [-0.1, -0.05) is 19.1 Å². The molecule has 0 radical (unpaired) electrons. The molecule has 1 fully saturated rings. The van der Waals surface area contributed by atoms with Crippen molar-refractivity contribution >= 4 is 29.4 Å². The largest absolute Gasteiger partial charge is 0.444 e. The topological polar surface area (TPSA) is 101 Å². The number of halogens is 4. The molecule has 0 saturated carbocycles. The normalized spacial score (nSPS) is 18.2. The van der Waals surface area contributed by atoms with Gasteiger partial charge in [-0.15, -0.1) is 0 Å². The average molecular weight is 525 g/mol. The fourth-order valence-corrected chi connectivity index (χ4v) is 3.97. The van der Waals surface area contributed by atoms with Gasteiger partial charge < -0.3 is 15.0 Å². The molecule has 12 heteroatoms. The number of pyridine rings is 1. The minimum atomic E-state index is -4.93. The lowest BCUT2D eigenvalue weighted by molar-refractivity contribution is -0.146. The summed E-state index contributed by atoms with van der Waals surface area (Å²) in [6, 6.07) is 5.66. The maximum absolute atomic E-state index is 13.7. The average Bonchev–Trinajstić information content (AvgIpc) is 2.78. The number of aromatic nitrogens is 1. The highest BCUT2D eigenvalue weighted by Crippen LogP contribution is 2.36. The van der Waals surface area contributed by atoms with Gasteiger partial charge in [0.2, 0.25) is 0 Å². The van der Waals surface area contributed by atoms with E-state index in [1.807, 2.05) is 12.2 Å². The van der Waals surface area contributed by atoms with E-state index in [0.717, 1.165) is 12.6 Å². The van der Waals surface area contributed by atoms with Crippen molar-refractivity contribution < 1.29 is 36.7 Å². The number of carbonyl (C=O) groups is 3. The standard InChI is InChI=1S/C25H28F4N4O4/c1-14-5-10-19(15-6-8-16(26)9-7-15)33(13-14)22(35)21(34)31-17-11-18(25(27,28)29)20(30-12-17)32-23(36)37-24(2,3)4/h6-9,11-12,14,19H,5,10,13H2,1-4H3,(H,31,34)(H,30,32,36). The highest BCUT2D eigenvalue weighted by Gasteiger charge is 2.37. The Labute approximate surface area is 211 Å². The monoisotopic (exact) mass is 524 g/mol. The Morgan fingerprint density at radius 1 is 1.05 bits per heavy atom. The third-order valence-electron chi connectivity index (χ3n) is 5.60. The first kappa shape index (κ1) is 27.9. The van der Waals surface area contributed by atoms with Crippen LogP contribution in [-0.2, 0) is 20.5 Å². The molecule has 200 valence electrons. The third-order valence-corrected chi connectivity index (χ3v) is 5.60. The van der Waals surface area contributed by atoms with Crippen LogP contribution in [0.4, 0.5) is 33.9 Å². The van der Waals surface area contributed by atoms with E-state index in [4.69, 9.17) is 4.74 Å². The number of nitrogens with zero attached hydrogens (tertiary/aromatic N) is 2. The lowest BCUT2D eigenvalue weighted by Crippen LogP contribution is -2.46. The number of alkyl halides is 3. The van der Waals surface area contributed by atoms with Gasteiger partial charge in [0.15, 0.2) is 0 Å². The summed E-state index contributed by atoms with van der Waals surface area (Å²) in [6.07, 6.45) is -3.86. The van der Waals surface area contributed by atoms with Crippen LogP contribution in [0.25, 0.3) is 0 Å². The fourth-order valence-electron chi connectivity index (χ4n) is 3.97. The number of rotatable bonds is 3. The molecule has 1 aromatic heterocycles. The van der Waals surface area contributed by atoms with Crippen LogP contribution in [-0.4, -0.2) is 39.9 Å². The summed E-state index contributed by atoms with van der Waals surface area (Å²) >= 11 is 0. The molecule has 1 aliphatic heterocycles. The van der Waals surface area contributed by atoms with Crippen molar-refractivity contribution in [2.75, 3.05) is 17.2 Å². The van der Waals surface area contributed by atoms with Gasteiger partial charge in [-0.05, 0) is 63.3 Å². The lowest BCUT2D eigenvalue weighted by Gasteiger charge is -2.38. The molecular weight excluding hydrogens is 496 g/mol. The molecule has 2 unspecified atom stereocenters. The molecular formula is C25H28F4N4O4. The van der Waals surface area contributed by atoms with Crippen molar-refractivity contribution in [3.63, 3.8) is 0 Å². The Hall–Kier alpha value is -3.70. The van der Waals surface area contributed by atoms with Crippen LogP contribution in [0.3, 0.4) is 0 Å². The molecule has 2 aromatic rings. The van der Waals surface area contributed by atoms with E-state index in [1.54, 1.807) is 20.8 Å². The highest BCUT2D eigenvalue weighted by atomic mass is 19.4. The molecule has 0 aliphatic carbocycles. The van der Waals surface area contributed by atoms with Crippen molar-refractivity contribution in [3.05, 3.63) is 53.5 Å². The summed E-state index contributed by atoms with van der Waals surface area (Å²) < 4.78 is 59.3. The molecule has 1 aromatic carbocycles. The van der Waals surface area contributed by atoms with E-state index in [-0.39, 0.29) is 18.2 Å². The van der Waals surface area contributed by atoms with Crippen LogP contribution in [0.5, 0.6) is 0 Å². The molecule has 1 aliphatic rings. The van der Waals surface area contributed by atoms with Gasteiger partial charge in [0.1, 0.15) is 22.8 Å². The first-order valence-electron chi connectivity index (χ1n) is 11.6. The predicted molar refractivity (Wildman–Crippen MR) is 127 cm³/mol. The summed E-state index contributed by atoms with van der Waals surface area (Å²) in [5, 5.41) is 4.12. The number of hydrogen-bond acceptors (Lipinski definition) is 5. The summed E-state index contributed by atoms with van der Waals surface area (Å²) in [6.45, 7) is 6.80. The molecule has 3 amide bonds. The zero-order valence-electron chi connectivity index (χ0n) is 20.8. The number of likely N-dealkylation sites (tertiary alicyclic amines) is 1. The summed E-state index contributed by atoms with van der Waals surface area (Å²) in [5.41, 5.74) is -2.02. The molecule has 0 bridgehead atoms. The van der Waals surface area contributed by atoms with Gasteiger partial charge in [-0.25, -0.2) is 14.2 Å². The van der Waals surface area contributed by atoms with Gasteiger partial charge in [-0.3, -0.25) is 14.9 Å². The van der Waals surface area contributed by atoms with Crippen LogP contribution in [0.2, 0.25) is 0 Å². The highest BCUT2D eigenvalue weighted by molar-refractivity contribution is 6.39. The Bertz CT molecular complexity index is 1160. The van der Waals surface area contributed by atoms with Gasteiger partial charge in [-0.2, -0.15) is 13.2 Å². The van der Waals surface area contributed by atoms with Gasteiger partial charge >= 0.3 is 24.1 Å². The number of piperidine rings is 1. The number of amides is 3. The lowest BCUT2D eigenvalue weighted by atomic mass is 9.90. The Morgan fingerprint density at radius 2 is 1.70 bits per heavy atom. The van der Waals surface area contributed by atoms with Gasteiger partial charge in [0.05, 0.1) is 17.9 Å². The minimum absolute atomic E-state index is 0.0881. The first-order valence-corrected chi connectivity index (χ1v) is 11.6.